The van der Waals surface area contributed by atoms with Gasteiger partial charge in [0.15, 0.2) is 0 Å². The van der Waals surface area contributed by atoms with Gasteiger partial charge in [-0.15, -0.1) is 0 Å². The number of nitrogens with one attached hydrogen (secondary N) is 1. The molecule has 2 aliphatic carbocycles. The lowest BCUT2D eigenvalue weighted by atomic mass is 9.82. The first-order valence-corrected chi connectivity index (χ1v) is 8.61. The standard InChI is InChI=1S/C17H34N2/c1-5-10-18-16-9-6-14(4)11-17(16)19(12-13(2)3)15-7-8-15/h13-18H,5-12H2,1-4H3. The van der Waals surface area contributed by atoms with E-state index in [9.17, 15) is 0 Å². The third-order valence-electron chi connectivity index (χ3n) is 4.75. The minimum absolute atomic E-state index is 0.746. The first-order chi connectivity index (χ1) is 9.11. The average Bonchev–Trinajstić information content (AvgIpc) is 3.18. The molecule has 3 atom stereocenters. The van der Waals surface area contributed by atoms with E-state index in [-0.39, 0.29) is 0 Å². The molecule has 2 heteroatoms. The number of rotatable bonds is 7. The maximum Gasteiger partial charge on any atom is 0.0254 e. The number of hydrogen-bond acceptors (Lipinski definition) is 2. The molecule has 0 amide bonds. The maximum absolute atomic E-state index is 3.84. The van der Waals surface area contributed by atoms with E-state index in [1.54, 1.807) is 0 Å². The average molecular weight is 266 g/mol. The van der Waals surface area contributed by atoms with E-state index in [2.05, 4.69) is 37.9 Å². The molecule has 1 N–H and O–H groups in total. The molecular formula is C17H34N2. The first-order valence-electron chi connectivity index (χ1n) is 8.61. The Labute approximate surface area is 120 Å². The van der Waals surface area contributed by atoms with Crippen LogP contribution in [0.3, 0.4) is 0 Å². The zero-order valence-corrected chi connectivity index (χ0v) is 13.5. The third-order valence-corrected chi connectivity index (χ3v) is 4.75. The monoisotopic (exact) mass is 266 g/mol. The fourth-order valence-electron chi connectivity index (χ4n) is 3.67. The Balaban J connectivity index is 2.00. The van der Waals surface area contributed by atoms with E-state index >= 15 is 0 Å². The van der Waals surface area contributed by atoms with Crippen LogP contribution in [0.4, 0.5) is 0 Å². The van der Waals surface area contributed by atoms with Gasteiger partial charge in [-0.2, -0.15) is 0 Å². The summed E-state index contributed by atoms with van der Waals surface area (Å²) in [5.41, 5.74) is 0. The lowest BCUT2D eigenvalue weighted by Crippen LogP contribution is -2.54. The molecule has 0 saturated heterocycles. The summed E-state index contributed by atoms with van der Waals surface area (Å²) >= 11 is 0. The highest BCUT2D eigenvalue weighted by Gasteiger charge is 2.39. The lowest BCUT2D eigenvalue weighted by molar-refractivity contribution is 0.0830. The van der Waals surface area contributed by atoms with Crippen molar-refractivity contribution in [1.29, 1.82) is 0 Å². The van der Waals surface area contributed by atoms with E-state index in [0.29, 0.717) is 0 Å². The van der Waals surface area contributed by atoms with Gasteiger partial charge in [0, 0.05) is 24.7 Å². The molecule has 2 rings (SSSR count). The molecule has 0 aromatic carbocycles. The van der Waals surface area contributed by atoms with Gasteiger partial charge in [-0.25, -0.2) is 0 Å². The molecule has 2 aliphatic rings. The Kier molecular flexibility index (Phi) is 5.70. The summed E-state index contributed by atoms with van der Waals surface area (Å²) in [5.74, 6) is 1.71. The summed E-state index contributed by atoms with van der Waals surface area (Å²) in [6.07, 6.45) is 8.35. The second-order valence-electron chi connectivity index (χ2n) is 7.37. The third kappa shape index (κ3) is 4.46. The van der Waals surface area contributed by atoms with Gasteiger partial charge in [-0.1, -0.05) is 27.7 Å². The van der Waals surface area contributed by atoms with Crippen LogP contribution in [0.2, 0.25) is 0 Å². The van der Waals surface area contributed by atoms with Crippen LogP contribution in [0.5, 0.6) is 0 Å². The van der Waals surface area contributed by atoms with Crippen LogP contribution in [0.25, 0.3) is 0 Å². The summed E-state index contributed by atoms with van der Waals surface area (Å²) in [6.45, 7) is 12.0. The van der Waals surface area contributed by atoms with E-state index in [4.69, 9.17) is 0 Å². The highest BCUT2D eigenvalue weighted by atomic mass is 15.2. The fourth-order valence-corrected chi connectivity index (χ4v) is 3.67. The largest absolute Gasteiger partial charge is 0.312 e. The van der Waals surface area contributed by atoms with Gasteiger partial charge in [0.1, 0.15) is 0 Å². The normalized spacial score (nSPS) is 32.2. The van der Waals surface area contributed by atoms with Crippen molar-refractivity contribution in [3.05, 3.63) is 0 Å². The Hall–Kier alpha value is -0.0800. The van der Waals surface area contributed by atoms with Crippen LogP contribution in [-0.2, 0) is 0 Å². The van der Waals surface area contributed by atoms with E-state index in [1.807, 2.05) is 0 Å². The summed E-state index contributed by atoms with van der Waals surface area (Å²) in [6, 6.07) is 2.45. The van der Waals surface area contributed by atoms with Gasteiger partial charge in [-0.05, 0) is 56.9 Å². The molecular weight excluding hydrogens is 232 g/mol. The molecule has 19 heavy (non-hydrogen) atoms. The minimum Gasteiger partial charge on any atom is -0.312 e. The first kappa shape index (κ1) is 15.3. The predicted octanol–water partition coefficient (Wildman–Crippen LogP) is 3.66. The molecule has 0 spiro atoms. The quantitative estimate of drug-likeness (QED) is 0.756. The smallest absolute Gasteiger partial charge is 0.0254 e. The molecule has 2 saturated carbocycles. The molecule has 0 aromatic rings. The predicted molar refractivity (Wildman–Crippen MR) is 83.5 cm³/mol. The van der Waals surface area contributed by atoms with Crippen LogP contribution in [0.1, 0.15) is 66.2 Å². The van der Waals surface area contributed by atoms with E-state index in [0.717, 1.165) is 30.0 Å². The van der Waals surface area contributed by atoms with Crippen LogP contribution < -0.4 is 5.32 Å². The fraction of sp³-hybridized carbons (Fsp3) is 1.00. The molecule has 0 heterocycles. The van der Waals surface area contributed by atoms with Crippen molar-refractivity contribution in [1.82, 2.24) is 10.2 Å². The maximum atomic E-state index is 3.84. The summed E-state index contributed by atoms with van der Waals surface area (Å²) in [7, 11) is 0. The van der Waals surface area contributed by atoms with Crippen molar-refractivity contribution in [2.75, 3.05) is 13.1 Å². The van der Waals surface area contributed by atoms with Crippen LogP contribution >= 0.6 is 0 Å². The van der Waals surface area contributed by atoms with E-state index < -0.39 is 0 Å². The Morgan fingerprint density at radius 1 is 1.16 bits per heavy atom. The highest BCUT2D eigenvalue weighted by molar-refractivity contribution is 4.96. The van der Waals surface area contributed by atoms with Crippen molar-refractivity contribution in [3.63, 3.8) is 0 Å². The second kappa shape index (κ2) is 7.08. The van der Waals surface area contributed by atoms with Crippen molar-refractivity contribution in [2.45, 2.75) is 84.3 Å². The van der Waals surface area contributed by atoms with E-state index in [1.165, 1.54) is 51.6 Å². The molecule has 0 radical (unpaired) electrons. The second-order valence-corrected chi connectivity index (χ2v) is 7.37. The molecule has 2 fully saturated rings. The van der Waals surface area contributed by atoms with Crippen LogP contribution in [0.15, 0.2) is 0 Å². The lowest BCUT2D eigenvalue weighted by Gasteiger charge is -2.43. The molecule has 2 nitrogen and oxygen atoms in total. The zero-order chi connectivity index (χ0) is 13.8. The molecule has 0 bridgehead atoms. The summed E-state index contributed by atoms with van der Waals surface area (Å²) in [5, 5.41) is 3.84. The zero-order valence-electron chi connectivity index (χ0n) is 13.5. The minimum atomic E-state index is 0.746. The van der Waals surface area contributed by atoms with Gasteiger partial charge in [0.2, 0.25) is 0 Å². The van der Waals surface area contributed by atoms with Gasteiger partial charge in [0.05, 0.1) is 0 Å². The van der Waals surface area contributed by atoms with Gasteiger partial charge >= 0.3 is 0 Å². The van der Waals surface area contributed by atoms with Gasteiger partial charge in [0.25, 0.3) is 0 Å². The van der Waals surface area contributed by atoms with Crippen molar-refractivity contribution < 1.29 is 0 Å². The summed E-state index contributed by atoms with van der Waals surface area (Å²) in [4.78, 5) is 2.87. The number of hydrogen-bond donors (Lipinski definition) is 1. The molecule has 3 unspecified atom stereocenters. The molecule has 112 valence electrons. The van der Waals surface area contributed by atoms with Crippen molar-refractivity contribution in [2.24, 2.45) is 11.8 Å². The Morgan fingerprint density at radius 2 is 1.89 bits per heavy atom. The van der Waals surface area contributed by atoms with Crippen molar-refractivity contribution >= 4 is 0 Å². The Morgan fingerprint density at radius 3 is 2.47 bits per heavy atom. The highest BCUT2D eigenvalue weighted by Crippen LogP contribution is 2.36. The number of nitrogens with zero attached hydrogens (tertiary/aromatic N) is 1. The van der Waals surface area contributed by atoms with Crippen molar-refractivity contribution in [3.8, 4) is 0 Å². The Bertz CT molecular complexity index is 258. The molecule has 0 aromatic heterocycles. The topological polar surface area (TPSA) is 15.3 Å². The SMILES string of the molecule is CCCNC1CCC(C)CC1N(CC(C)C)C1CC1. The summed E-state index contributed by atoms with van der Waals surface area (Å²) < 4.78 is 0. The van der Waals surface area contributed by atoms with Crippen LogP contribution in [-0.4, -0.2) is 36.1 Å². The van der Waals surface area contributed by atoms with Gasteiger partial charge in [-0.3, -0.25) is 4.90 Å². The molecule has 0 aliphatic heterocycles. The van der Waals surface area contributed by atoms with Gasteiger partial charge < -0.3 is 5.32 Å². The van der Waals surface area contributed by atoms with Crippen LogP contribution in [0, 0.1) is 11.8 Å².